The Morgan fingerprint density at radius 1 is 1.05 bits per heavy atom. The number of rotatable bonds is 3. The summed E-state index contributed by atoms with van der Waals surface area (Å²) < 4.78 is 0. The van der Waals surface area contributed by atoms with E-state index in [1.807, 2.05) is 0 Å². The second-order valence-corrected chi connectivity index (χ2v) is 12.5. The molecule has 0 amide bonds. The Balaban J connectivity index is 2.03. The molecule has 1 aliphatic heterocycles. The summed E-state index contributed by atoms with van der Waals surface area (Å²) in [5.74, 6) is 0.859. The summed E-state index contributed by atoms with van der Waals surface area (Å²) >= 11 is 0. The van der Waals surface area contributed by atoms with E-state index in [9.17, 15) is 0 Å². The number of hydrogen-bond donors (Lipinski definition) is 0. The minimum atomic E-state index is -1.15. The summed E-state index contributed by atoms with van der Waals surface area (Å²) in [4.78, 5) is 2.65. The number of hydrogen-bond acceptors (Lipinski definition) is 1. The van der Waals surface area contributed by atoms with Crippen LogP contribution in [0.3, 0.4) is 0 Å². The minimum absolute atomic E-state index is 0.743. The Morgan fingerprint density at radius 2 is 1.68 bits per heavy atom. The zero-order valence-electron chi connectivity index (χ0n) is 13.2. The van der Waals surface area contributed by atoms with Gasteiger partial charge in [-0.1, -0.05) is 56.0 Å². The molecule has 1 nitrogen and oxygen atoms in total. The topological polar surface area (TPSA) is 3.24 Å². The summed E-state index contributed by atoms with van der Waals surface area (Å²) in [5.41, 5.74) is 1.47. The van der Waals surface area contributed by atoms with E-state index in [0.29, 0.717) is 0 Å². The molecule has 0 aromatic heterocycles. The molecule has 106 valence electrons. The average molecular weight is 276 g/mol. The highest BCUT2D eigenvalue weighted by Gasteiger charge is 2.23. The van der Waals surface area contributed by atoms with E-state index in [1.165, 1.54) is 24.9 Å². The maximum atomic E-state index is 2.65. The molecule has 1 saturated heterocycles. The van der Waals surface area contributed by atoms with Crippen LogP contribution in [0.2, 0.25) is 19.6 Å². The van der Waals surface area contributed by atoms with Gasteiger partial charge in [-0.05, 0) is 31.2 Å². The van der Waals surface area contributed by atoms with Gasteiger partial charge in [0, 0.05) is 19.1 Å². The number of benzene rings is 1. The standard InChI is InChI=1S/C17H29NSi/c1-14-6-7-15(2)18(12-14)13-16-8-10-17(11-9-16)19(3,4)5/h8-11,14-15H,6-7,12-13H2,1-5H3. The molecule has 2 heteroatoms. The van der Waals surface area contributed by atoms with Crippen LogP contribution in [0.4, 0.5) is 0 Å². The molecule has 2 unspecified atom stereocenters. The molecule has 1 fully saturated rings. The zero-order valence-corrected chi connectivity index (χ0v) is 14.2. The first-order valence-electron chi connectivity index (χ1n) is 7.70. The number of piperidine rings is 1. The van der Waals surface area contributed by atoms with E-state index in [-0.39, 0.29) is 0 Å². The van der Waals surface area contributed by atoms with Crippen LogP contribution in [0, 0.1) is 5.92 Å². The van der Waals surface area contributed by atoms with Crippen molar-refractivity contribution in [3.63, 3.8) is 0 Å². The third-order valence-corrected chi connectivity index (χ3v) is 6.52. The SMILES string of the molecule is CC1CCC(C)N(Cc2ccc([Si](C)(C)C)cc2)C1. The Kier molecular flexibility index (Phi) is 4.52. The Bertz CT molecular complexity index is 404. The van der Waals surface area contributed by atoms with Crippen LogP contribution in [0.25, 0.3) is 0 Å². The quantitative estimate of drug-likeness (QED) is 0.757. The fourth-order valence-corrected chi connectivity index (χ4v) is 4.11. The van der Waals surface area contributed by atoms with Crippen LogP contribution < -0.4 is 5.19 Å². The van der Waals surface area contributed by atoms with Crippen LogP contribution in [0.15, 0.2) is 24.3 Å². The van der Waals surface area contributed by atoms with Crippen LogP contribution in [-0.2, 0) is 6.54 Å². The lowest BCUT2D eigenvalue weighted by Gasteiger charge is -2.36. The normalized spacial score (nSPS) is 25.5. The van der Waals surface area contributed by atoms with Crippen molar-refractivity contribution in [2.45, 2.75) is 58.9 Å². The Hall–Kier alpha value is -0.603. The smallest absolute Gasteiger partial charge is 0.0775 e. The first-order chi connectivity index (χ1) is 8.86. The molecule has 0 saturated carbocycles. The molecule has 2 atom stereocenters. The highest BCUT2D eigenvalue weighted by Crippen LogP contribution is 2.23. The van der Waals surface area contributed by atoms with Crippen LogP contribution in [-0.4, -0.2) is 25.6 Å². The average Bonchev–Trinajstić information content (AvgIpc) is 2.33. The predicted molar refractivity (Wildman–Crippen MR) is 87.7 cm³/mol. The van der Waals surface area contributed by atoms with Crippen molar-refractivity contribution in [3.05, 3.63) is 29.8 Å². The molecule has 0 radical (unpaired) electrons. The van der Waals surface area contributed by atoms with E-state index < -0.39 is 8.07 Å². The highest BCUT2D eigenvalue weighted by atomic mass is 28.3. The predicted octanol–water partition coefficient (Wildman–Crippen LogP) is 3.85. The van der Waals surface area contributed by atoms with E-state index in [4.69, 9.17) is 0 Å². The van der Waals surface area contributed by atoms with Gasteiger partial charge in [0.25, 0.3) is 0 Å². The monoisotopic (exact) mass is 275 g/mol. The van der Waals surface area contributed by atoms with Crippen molar-refractivity contribution in [3.8, 4) is 0 Å². The molecular formula is C17H29NSi. The molecule has 1 aromatic carbocycles. The third kappa shape index (κ3) is 3.93. The molecule has 0 N–H and O–H groups in total. The van der Waals surface area contributed by atoms with Crippen molar-refractivity contribution in [1.29, 1.82) is 0 Å². The Labute approximate surface area is 120 Å². The molecule has 19 heavy (non-hydrogen) atoms. The molecule has 1 heterocycles. The third-order valence-electron chi connectivity index (χ3n) is 4.45. The van der Waals surface area contributed by atoms with Gasteiger partial charge in [-0.3, -0.25) is 4.90 Å². The summed E-state index contributed by atoms with van der Waals surface area (Å²) in [7, 11) is -1.15. The molecule has 0 aliphatic carbocycles. The molecule has 0 spiro atoms. The first-order valence-corrected chi connectivity index (χ1v) is 11.2. The van der Waals surface area contributed by atoms with Gasteiger partial charge in [0.1, 0.15) is 0 Å². The van der Waals surface area contributed by atoms with Gasteiger partial charge >= 0.3 is 0 Å². The summed E-state index contributed by atoms with van der Waals surface area (Å²) in [6.45, 7) is 14.4. The van der Waals surface area contributed by atoms with Gasteiger partial charge in [0.15, 0.2) is 0 Å². The van der Waals surface area contributed by atoms with Crippen LogP contribution in [0.1, 0.15) is 32.3 Å². The van der Waals surface area contributed by atoms with Crippen LogP contribution in [0.5, 0.6) is 0 Å². The summed E-state index contributed by atoms with van der Waals surface area (Å²) in [6.07, 6.45) is 2.75. The lowest BCUT2D eigenvalue weighted by molar-refractivity contribution is 0.117. The van der Waals surface area contributed by atoms with Gasteiger partial charge in [-0.2, -0.15) is 0 Å². The second-order valence-electron chi connectivity index (χ2n) is 7.41. The first kappa shape index (κ1) is 14.8. The molecular weight excluding hydrogens is 246 g/mol. The fourth-order valence-electron chi connectivity index (χ4n) is 2.94. The van der Waals surface area contributed by atoms with Gasteiger partial charge < -0.3 is 0 Å². The molecule has 1 aliphatic rings. The van der Waals surface area contributed by atoms with Gasteiger partial charge in [-0.25, -0.2) is 0 Å². The molecule has 0 bridgehead atoms. The van der Waals surface area contributed by atoms with Crippen molar-refractivity contribution in [2.24, 2.45) is 5.92 Å². The van der Waals surface area contributed by atoms with Crippen molar-refractivity contribution < 1.29 is 0 Å². The van der Waals surface area contributed by atoms with E-state index in [0.717, 1.165) is 18.5 Å². The summed E-state index contributed by atoms with van der Waals surface area (Å²) in [5, 5.41) is 1.57. The molecule has 1 aromatic rings. The Morgan fingerprint density at radius 3 is 2.26 bits per heavy atom. The highest BCUT2D eigenvalue weighted by molar-refractivity contribution is 6.88. The lowest BCUT2D eigenvalue weighted by Crippen LogP contribution is -2.40. The zero-order chi connectivity index (χ0) is 14.0. The maximum absolute atomic E-state index is 2.65. The lowest BCUT2D eigenvalue weighted by atomic mass is 9.94. The minimum Gasteiger partial charge on any atom is -0.296 e. The van der Waals surface area contributed by atoms with Crippen molar-refractivity contribution >= 4 is 13.3 Å². The largest absolute Gasteiger partial charge is 0.296 e. The van der Waals surface area contributed by atoms with Gasteiger partial charge in [0.05, 0.1) is 8.07 Å². The maximum Gasteiger partial charge on any atom is 0.0775 e. The van der Waals surface area contributed by atoms with Gasteiger partial charge in [0.2, 0.25) is 0 Å². The van der Waals surface area contributed by atoms with Gasteiger partial charge in [-0.15, -0.1) is 0 Å². The van der Waals surface area contributed by atoms with Crippen molar-refractivity contribution in [2.75, 3.05) is 6.54 Å². The van der Waals surface area contributed by atoms with Crippen molar-refractivity contribution in [1.82, 2.24) is 4.90 Å². The van der Waals surface area contributed by atoms with E-state index >= 15 is 0 Å². The number of likely N-dealkylation sites (tertiary alicyclic amines) is 1. The second kappa shape index (κ2) is 5.80. The fraction of sp³-hybridized carbons (Fsp3) is 0.647. The molecule has 2 rings (SSSR count). The van der Waals surface area contributed by atoms with E-state index in [2.05, 4.69) is 62.7 Å². The van der Waals surface area contributed by atoms with E-state index in [1.54, 1.807) is 5.19 Å². The number of nitrogens with zero attached hydrogens (tertiary/aromatic N) is 1. The summed E-state index contributed by atoms with van der Waals surface area (Å²) in [6, 6.07) is 10.2. The van der Waals surface area contributed by atoms with Crippen LogP contribution >= 0.6 is 0 Å².